The number of rotatable bonds is 11. The van der Waals surface area contributed by atoms with Crippen LogP contribution in [0.25, 0.3) is 0 Å². The van der Waals surface area contributed by atoms with Gasteiger partial charge in [0.15, 0.2) is 0 Å². The molecule has 0 aliphatic carbocycles. The third kappa shape index (κ3) is 7.51. The lowest BCUT2D eigenvalue weighted by atomic mass is 10.7. The highest BCUT2D eigenvalue weighted by atomic mass is 28.4. The zero-order chi connectivity index (χ0) is 16.7. The minimum atomic E-state index is -2.49. The Labute approximate surface area is 134 Å². The van der Waals surface area contributed by atoms with E-state index >= 15 is 0 Å². The zero-order valence-corrected chi connectivity index (χ0v) is 18.4. The largest absolute Gasteiger partial charge is 0.502 e. The molecule has 5 nitrogen and oxygen atoms in total. The molecule has 0 N–H and O–H groups in total. The fourth-order valence-electron chi connectivity index (χ4n) is 2.69. The summed E-state index contributed by atoms with van der Waals surface area (Å²) in [4.78, 5) is 0. The molecule has 0 radical (unpaired) electrons. The van der Waals surface area contributed by atoms with Crippen molar-refractivity contribution in [2.24, 2.45) is 0 Å². The highest BCUT2D eigenvalue weighted by Gasteiger charge is 2.37. The van der Waals surface area contributed by atoms with Crippen molar-refractivity contribution < 1.29 is 18.0 Å². The lowest BCUT2D eigenvalue weighted by Crippen LogP contribution is -2.60. The van der Waals surface area contributed by atoms with Crippen LogP contribution in [0.2, 0.25) is 45.3 Å². The third-order valence-electron chi connectivity index (χ3n) is 3.56. The predicted octanol–water partition coefficient (Wildman–Crippen LogP) is 2.85. The Bertz CT molecular complexity index is 266. The van der Waals surface area contributed by atoms with E-state index < -0.39 is 25.3 Å². The van der Waals surface area contributed by atoms with Crippen LogP contribution in [0.15, 0.2) is 0 Å². The van der Waals surface area contributed by atoms with Gasteiger partial charge in [-0.25, -0.2) is 0 Å². The number of hydrogen-bond acceptors (Lipinski definition) is 5. The molecule has 21 heavy (non-hydrogen) atoms. The molecule has 0 fully saturated rings. The van der Waals surface area contributed by atoms with E-state index in [1.807, 2.05) is 0 Å². The molecule has 0 unspecified atom stereocenters. The minimum Gasteiger partial charge on any atom is -0.380 e. The molecule has 0 spiro atoms. The lowest BCUT2D eigenvalue weighted by Gasteiger charge is -2.43. The molecular weight excluding hydrogens is 318 g/mol. The van der Waals surface area contributed by atoms with E-state index in [0.29, 0.717) is 12.7 Å². The van der Waals surface area contributed by atoms with Crippen molar-refractivity contribution in [1.29, 1.82) is 0 Å². The van der Waals surface area contributed by atoms with E-state index in [4.69, 9.17) is 18.0 Å². The quantitative estimate of drug-likeness (QED) is 0.422. The Balaban J connectivity index is 4.25. The summed E-state index contributed by atoms with van der Waals surface area (Å²) in [5.41, 5.74) is 0. The maximum Gasteiger partial charge on any atom is 0.502 e. The molecule has 0 rings (SSSR count). The van der Waals surface area contributed by atoms with Gasteiger partial charge in [0.25, 0.3) is 0 Å². The van der Waals surface area contributed by atoms with Crippen molar-refractivity contribution in [1.82, 2.24) is 4.23 Å². The zero-order valence-electron chi connectivity index (χ0n) is 15.4. The fourth-order valence-corrected chi connectivity index (χ4v) is 13.8. The van der Waals surface area contributed by atoms with Gasteiger partial charge in [0.2, 0.25) is 0 Å². The highest BCUT2D eigenvalue weighted by Crippen LogP contribution is 2.19. The van der Waals surface area contributed by atoms with Crippen molar-refractivity contribution in [2.45, 2.75) is 45.3 Å². The predicted molar refractivity (Wildman–Crippen MR) is 95.8 cm³/mol. The first kappa shape index (κ1) is 21.5. The molecule has 0 aromatic rings. The van der Waals surface area contributed by atoms with Gasteiger partial charge in [-0.2, -0.15) is 0 Å². The molecule has 0 aliphatic heterocycles. The van der Waals surface area contributed by atoms with Crippen LogP contribution in [0.3, 0.4) is 0 Å². The molecular formula is C13H35NO4Si3. The van der Waals surface area contributed by atoms with Crippen molar-refractivity contribution in [3.05, 3.63) is 0 Å². The Morgan fingerprint density at radius 3 is 1.48 bits per heavy atom. The second-order valence-electron chi connectivity index (χ2n) is 7.15. The van der Waals surface area contributed by atoms with Crippen LogP contribution < -0.4 is 0 Å². The summed E-state index contributed by atoms with van der Waals surface area (Å²) in [6.45, 7) is 16.8. The first-order valence-corrected chi connectivity index (χ1v) is 16.4. The summed E-state index contributed by atoms with van der Waals surface area (Å²) in [5, 5.41) is 0. The van der Waals surface area contributed by atoms with Gasteiger partial charge in [-0.1, -0.05) is 39.3 Å². The van der Waals surface area contributed by atoms with Crippen LogP contribution in [0.5, 0.6) is 0 Å². The molecule has 0 aromatic heterocycles. The van der Waals surface area contributed by atoms with E-state index in [1.54, 1.807) is 21.3 Å². The van der Waals surface area contributed by atoms with E-state index in [2.05, 4.69) is 43.5 Å². The molecule has 128 valence electrons. The maximum absolute atomic E-state index is 5.81. The van der Waals surface area contributed by atoms with Crippen LogP contribution in [0, 0.1) is 0 Å². The highest BCUT2D eigenvalue weighted by molar-refractivity contribution is 6.89. The summed E-state index contributed by atoms with van der Waals surface area (Å²) in [6.07, 6.45) is 0. The van der Waals surface area contributed by atoms with Gasteiger partial charge in [0.05, 0.1) is 13.2 Å². The van der Waals surface area contributed by atoms with Gasteiger partial charge in [-0.3, -0.25) is 0 Å². The standard InChI is InChI=1S/C13H35NO4Si3/c1-15-21(16-2,17-3)13-12-18-11-10-14(19(4,5)6)20(7,8)9/h10-13H2,1-9H3. The molecule has 0 aromatic carbocycles. The Morgan fingerprint density at radius 2 is 1.14 bits per heavy atom. The monoisotopic (exact) mass is 353 g/mol. The van der Waals surface area contributed by atoms with E-state index in [9.17, 15) is 0 Å². The SMILES string of the molecule is CO[Si](CCOCCN([Si](C)(C)C)[Si](C)(C)C)(OC)OC. The molecule has 0 saturated heterocycles. The van der Waals surface area contributed by atoms with Crippen molar-refractivity contribution in [2.75, 3.05) is 41.1 Å². The summed E-state index contributed by atoms with van der Waals surface area (Å²) in [7, 11) is -0.160. The average Bonchev–Trinajstić information content (AvgIpc) is 2.36. The summed E-state index contributed by atoms with van der Waals surface area (Å²) >= 11 is 0. The average molecular weight is 354 g/mol. The summed E-state index contributed by atoms with van der Waals surface area (Å²) < 4.78 is 24.7. The first-order valence-electron chi connectivity index (χ1n) is 7.53. The fraction of sp³-hybridized carbons (Fsp3) is 1.00. The second kappa shape index (κ2) is 8.92. The molecule has 0 saturated carbocycles. The molecule has 0 amide bonds. The number of ether oxygens (including phenoxy) is 1. The number of nitrogens with zero attached hydrogens (tertiary/aromatic N) is 1. The Hall–Kier alpha value is 0.451. The van der Waals surface area contributed by atoms with Crippen molar-refractivity contribution in [3.63, 3.8) is 0 Å². The van der Waals surface area contributed by atoms with Gasteiger partial charge in [0.1, 0.15) is 16.5 Å². The topological polar surface area (TPSA) is 40.2 Å². The normalized spacial score (nSPS) is 14.0. The van der Waals surface area contributed by atoms with Crippen LogP contribution in [0.4, 0.5) is 0 Å². The Kier molecular flexibility index (Phi) is 9.11. The third-order valence-corrected chi connectivity index (χ3v) is 14.0. The van der Waals surface area contributed by atoms with E-state index in [1.165, 1.54) is 0 Å². The van der Waals surface area contributed by atoms with Crippen molar-refractivity contribution >= 4 is 25.3 Å². The second-order valence-corrected chi connectivity index (χ2v) is 20.5. The first-order chi connectivity index (χ1) is 9.52. The molecule has 0 bridgehead atoms. The lowest BCUT2D eigenvalue weighted by molar-refractivity contribution is 0.0941. The van der Waals surface area contributed by atoms with Crippen LogP contribution in [-0.4, -0.2) is 70.6 Å². The Morgan fingerprint density at radius 1 is 0.714 bits per heavy atom. The van der Waals surface area contributed by atoms with Gasteiger partial charge in [0, 0.05) is 33.9 Å². The van der Waals surface area contributed by atoms with Gasteiger partial charge in [-0.15, -0.1) is 0 Å². The smallest absolute Gasteiger partial charge is 0.380 e. The minimum absolute atomic E-state index is 0.618. The van der Waals surface area contributed by atoms with Crippen molar-refractivity contribution in [3.8, 4) is 0 Å². The molecule has 0 heterocycles. The van der Waals surface area contributed by atoms with E-state index in [-0.39, 0.29) is 0 Å². The molecule has 8 heteroatoms. The van der Waals surface area contributed by atoms with Gasteiger partial charge >= 0.3 is 8.80 Å². The van der Waals surface area contributed by atoms with Gasteiger partial charge < -0.3 is 22.2 Å². The molecule has 0 aliphatic rings. The summed E-state index contributed by atoms with van der Waals surface area (Å²) in [5.74, 6) is 0. The maximum atomic E-state index is 5.81. The summed E-state index contributed by atoms with van der Waals surface area (Å²) in [6, 6.07) is 0.691. The van der Waals surface area contributed by atoms with Crippen LogP contribution in [0.1, 0.15) is 0 Å². The van der Waals surface area contributed by atoms with Crippen LogP contribution >= 0.6 is 0 Å². The van der Waals surface area contributed by atoms with E-state index in [0.717, 1.165) is 13.2 Å². The van der Waals surface area contributed by atoms with Gasteiger partial charge in [-0.05, 0) is 0 Å². The molecule has 0 atom stereocenters. The van der Waals surface area contributed by atoms with Crippen LogP contribution in [-0.2, 0) is 18.0 Å². The number of hydrogen-bond donors (Lipinski definition) is 0.